The van der Waals surface area contributed by atoms with Gasteiger partial charge in [0.1, 0.15) is 12.2 Å². The lowest BCUT2D eigenvalue weighted by Gasteiger charge is -2.05. The van der Waals surface area contributed by atoms with Crippen molar-refractivity contribution in [2.24, 2.45) is 0 Å². The highest BCUT2D eigenvalue weighted by molar-refractivity contribution is 6.32. The van der Waals surface area contributed by atoms with Gasteiger partial charge in [0.25, 0.3) is 5.91 Å². The summed E-state index contributed by atoms with van der Waals surface area (Å²) in [6.45, 7) is 0.364. The predicted molar refractivity (Wildman–Crippen MR) is 65.1 cm³/mol. The van der Waals surface area contributed by atoms with Crippen molar-refractivity contribution in [3.8, 4) is 11.5 Å². The van der Waals surface area contributed by atoms with Gasteiger partial charge in [-0.1, -0.05) is 11.6 Å². The number of benzene rings is 1. The lowest BCUT2D eigenvalue weighted by molar-refractivity contribution is 0.0949. The minimum atomic E-state index is -0.281. The number of carbonyl (C=O) groups excluding carboxylic acids is 1. The molecular formula is C11H9ClN4O3. The number of hydrogen-bond acceptors (Lipinski definition) is 5. The summed E-state index contributed by atoms with van der Waals surface area (Å²) in [6.07, 6.45) is 1.37. The van der Waals surface area contributed by atoms with Gasteiger partial charge in [-0.15, -0.1) is 0 Å². The zero-order valence-corrected chi connectivity index (χ0v) is 10.4. The van der Waals surface area contributed by atoms with E-state index < -0.39 is 0 Å². The highest BCUT2D eigenvalue weighted by Crippen LogP contribution is 2.39. The molecule has 2 N–H and O–H groups in total. The van der Waals surface area contributed by atoms with E-state index in [0.29, 0.717) is 27.9 Å². The topological polar surface area (TPSA) is 89.1 Å². The van der Waals surface area contributed by atoms with Gasteiger partial charge in [0, 0.05) is 5.56 Å². The van der Waals surface area contributed by atoms with E-state index in [0.717, 1.165) is 0 Å². The van der Waals surface area contributed by atoms with Crippen LogP contribution in [0.4, 0.5) is 0 Å². The van der Waals surface area contributed by atoms with Crippen LogP contribution in [0.3, 0.4) is 0 Å². The van der Waals surface area contributed by atoms with Crippen LogP contribution in [0, 0.1) is 0 Å². The van der Waals surface area contributed by atoms with E-state index >= 15 is 0 Å². The highest BCUT2D eigenvalue weighted by atomic mass is 35.5. The van der Waals surface area contributed by atoms with Crippen molar-refractivity contribution in [2.75, 3.05) is 6.79 Å². The highest BCUT2D eigenvalue weighted by Gasteiger charge is 2.20. The van der Waals surface area contributed by atoms with Crippen molar-refractivity contribution in [3.63, 3.8) is 0 Å². The Labute approximate surface area is 112 Å². The Morgan fingerprint density at radius 1 is 1.47 bits per heavy atom. The van der Waals surface area contributed by atoms with Gasteiger partial charge < -0.3 is 14.8 Å². The SMILES string of the molecule is O=C(NCc1ncn[nH]1)c1cc(Cl)c2c(c1)OCO2. The molecule has 0 aliphatic carbocycles. The van der Waals surface area contributed by atoms with Crippen LogP contribution in [0.2, 0.25) is 5.02 Å². The van der Waals surface area contributed by atoms with E-state index in [1.807, 2.05) is 0 Å². The molecule has 0 fully saturated rings. The Morgan fingerprint density at radius 2 is 2.37 bits per heavy atom. The van der Waals surface area contributed by atoms with Gasteiger partial charge in [-0.25, -0.2) is 4.98 Å². The van der Waals surface area contributed by atoms with Crippen LogP contribution in [-0.2, 0) is 6.54 Å². The minimum absolute atomic E-state index is 0.109. The Morgan fingerprint density at radius 3 is 3.16 bits per heavy atom. The molecule has 98 valence electrons. The molecule has 7 nitrogen and oxygen atoms in total. The van der Waals surface area contributed by atoms with E-state index in [-0.39, 0.29) is 19.2 Å². The smallest absolute Gasteiger partial charge is 0.251 e. The van der Waals surface area contributed by atoms with Crippen molar-refractivity contribution >= 4 is 17.5 Å². The van der Waals surface area contributed by atoms with Gasteiger partial charge >= 0.3 is 0 Å². The summed E-state index contributed by atoms with van der Waals surface area (Å²) in [7, 11) is 0. The fourth-order valence-corrected chi connectivity index (χ4v) is 1.95. The number of aromatic nitrogens is 3. The lowest BCUT2D eigenvalue weighted by Crippen LogP contribution is -2.23. The Hall–Kier alpha value is -2.28. The number of fused-ring (bicyclic) bond motifs is 1. The molecule has 0 radical (unpaired) electrons. The van der Waals surface area contributed by atoms with Crippen molar-refractivity contribution in [1.82, 2.24) is 20.5 Å². The predicted octanol–water partition coefficient (Wildman–Crippen LogP) is 1.12. The van der Waals surface area contributed by atoms with Crippen LogP contribution in [0.25, 0.3) is 0 Å². The van der Waals surface area contributed by atoms with Crippen LogP contribution < -0.4 is 14.8 Å². The van der Waals surface area contributed by atoms with E-state index in [4.69, 9.17) is 21.1 Å². The van der Waals surface area contributed by atoms with E-state index in [1.54, 1.807) is 6.07 Å². The number of ether oxygens (including phenoxy) is 2. The molecule has 19 heavy (non-hydrogen) atoms. The zero-order valence-electron chi connectivity index (χ0n) is 9.64. The van der Waals surface area contributed by atoms with Crippen molar-refractivity contribution < 1.29 is 14.3 Å². The average molecular weight is 281 g/mol. The summed E-state index contributed by atoms with van der Waals surface area (Å²) < 4.78 is 10.4. The van der Waals surface area contributed by atoms with Crippen LogP contribution >= 0.6 is 11.6 Å². The maximum atomic E-state index is 12.0. The summed E-state index contributed by atoms with van der Waals surface area (Å²) in [6, 6.07) is 3.12. The fourth-order valence-electron chi connectivity index (χ4n) is 1.68. The number of aromatic amines is 1. The number of amides is 1. The molecule has 0 unspecified atom stereocenters. The van der Waals surface area contributed by atoms with Gasteiger partial charge in [-0.05, 0) is 12.1 Å². The van der Waals surface area contributed by atoms with Gasteiger partial charge in [-0.2, -0.15) is 5.10 Å². The molecule has 1 aliphatic heterocycles. The van der Waals surface area contributed by atoms with Gasteiger partial charge in [0.05, 0.1) is 11.6 Å². The van der Waals surface area contributed by atoms with E-state index in [1.165, 1.54) is 12.4 Å². The summed E-state index contributed by atoms with van der Waals surface area (Å²) >= 11 is 6.01. The number of nitrogens with one attached hydrogen (secondary N) is 2. The first-order chi connectivity index (χ1) is 9.24. The molecule has 1 aromatic carbocycles. The number of rotatable bonds is 3. The zero-order chi connectivity index (χ0) is 13.2. The molecule has 8 heteroatoms. The Bertz CT molecular complexity index is 615. The number of nitrogens with zero attached hydrogens (tertiary/aromatic N) is 2. The largest absolute Gasteiger partial charge is 0.454 e. The van der Waals surface area contributed by atoms with E-state index in [9.17, 15) is 4.79 Å². The average Bonchev–Trinajstić information content (AvgIpc) is 3.06. The van der Waals surface area contributed by atoms with Crippen LogP contribution in [-0.4, -0.2) is 27.9 Å². The third kappa shape index (κ3) is 2.32. The second kappa shape index (κ2) is 4.77. The first-order valence-corrected chi connectivity index (χ1v) is 5.83. The quantitative estimate of drug-likeness (QED) is 0.879. The molecule has 0 saturated carbocycles. The summed E-state index contributed by atoms with van der Waals surface area (Å²) in [5.41, 5.74) is 0.397. The molecule has 0 spiro atoms. The summed E-state index contributed by atoms with van der Waals surface area (Å²) in [4.78, 5) is 15.9. The van der Waals surface area contributed by atoms with Gasteiger partial charge in [0.15, 0.2) is 11.5 Å². The maximum Gasteiger partial charge on any atom is 0.251 e. The molecule has 2 heterocycles. The van der Waals surface area contributed by atoms with Gasteiger partial charge in [0.2, 0.25) is 6.79 Å². The molecule has 0 saturated heterocycles. The van der Waals surface area contributed by atoms with Crippen molar-refractivity contribution in [2.45, 2.75) is 6.54 Å². The van der Waals surface area contributed by atoms with Crippen LogP contribution in [0.1, 0.15) is 16.2 Å². The second-order valence-electron chi connectivity index (χ2n) is 3.81. The molecule has 0 bridgehead atoms. The van der Waals surface area contributed by atoms with Crippen molar-refractivity contribution in [1.29, 1.82) is 0 Å². The summed E-state index contributed by atoms with van der Waals surface area (Å²) in [5, 5.41) is 9.38. The fraction of sp³-hybridized carbons (Fsp3) is 0.182. The summed E-state index contributed by atoms with van der Waals surface area (Å²) in [5.74, 6) is 1.22. The van der Waals surface area contributed by atoms with Gasteiger partial charge in [-0.3, -0.25) is 9.89 Å². The monoisotopic (exact) mass is 280 g/mol. The first kappa shape index (κ1) is 11.8. The standard InChI is InChI=1S/C11H9ClN4O3/c12-7-1-6(2-8-10(7)19-5-18-8)11(17)13-3-9-14-4-15-16-9/h1-2,4H,3,5H2,(H,13,17)(H,14,15,16). The van der Waals surface area contributed by atoms with Crippen LogP contribution in [0.15, 0.2) is 18.5 Å². The number of carbonyl (C=O) groups is 1. The third-order valence-electron chi connectivity index (χ3n) is 2.57. The molecule has 1 aliphatic rings. The normalized spacial score (nSPS) is 12.5. The number of halogens is 1. The maximum absolute atomic E-state index is 12.0. The molecule has 1 amide bonds. The molecule has 2 aromatic rings. The first-order valence-electron chi connectivity index (χ1n) is 5.45. The molecule has 0 atom stereocenters. The van der Waals surface area contributed by atoms with Crippen LogP contribution in [0.5, 0.6) is 11.5 Å². The second-order valence-corrected chi connectivity index (χ2v) is 4.21. The van der Waals surface area contributed by atoms with E-state index in [2.05, 4.69) is 20.5 Å². The van der Waals surface area contributed by atoms with Crippen molar-refractivity contribution in [3.05, 3.63) is 34.9 Å². The third-order valence-corrected chi connectivity index (χ3v) is 2.85. The lowest BCUT2D eigenvalue weighted by atomic mass is 10.2. The Balaban J connectivity index is 1.75. The molecular weight excluding hydrogens is 272 g/mol. The minimum Gasteiger partial charge on any atom is -0.454 e. The number of hydrogen-bond donors (Lipinski definition) is 2. The Kier molecular flexibility index (Phi) is 2.96. The molecule has 1 aromatic heterocycles. The number of H-pyrrole nitrogens is 1. The molecule has 3 rings (SSSR count).